The van der Waals surface area contributed by atoms with Gasteiger partial charge < -0.3 is 19.1 Å². The number of hydrogen-bond donors (Lipinski definition) is 0. The molecule has 0 unspecified atom stereocenters. The van der Waals surface area contributed by atoms with Gasteiger partial charge in [-0.15, -0.1) is 0 Å². The van der Waals surface area contributed by atoms with Gasteiger partial charge in [0, 0.05) is 36.3 Å². The first kappa shape index (κ1) is 30.9. The number of hydrogen-bond acceptors (Lipinski definition) is 8. The quantitative estimate of drug-likeness (QED) is 0.0747. The third-order valence-corrected chi connectivity index (χ3v) is 7.43. The molecule has 230 valence electrons. The number of anilines is 1. The number of aryl methyl sites for hydroxylation is 1. The second-order valence-electron chi connectivity index (χ2n) is 11.1. The van der Waals surface area contributed by atoms with Crippen molar-refractivity contribution in [3.63, 3.8) is 0 Å². The molecule has 5 rings (SSSR count). The molecule has 0 radical (unpaired) electrons. The molecule has 1 aliphatic rings. The van der Waals surface area contributed by atoms with Gasteiger partial charge in [0.1, 0.15) is 23.0 Å². The topological polar surface area (TPSA) is 125 Å². The number of esters is 1. The number of ketones is 1. The number of nitrogens with zero attached hydrogens (tertiary/aromatic N) is 2. The minimum atomic E-state index is -0.695. The third kappa shape index (κ3) is 7.53. The Morgan fingerprint density at radius 3 is 2.11 bits per heavy atom. The molecule has 0 bridgehead atoms. The van der Waals surface area contributed by atoms with E-state index in [0.717, 1.165) is 16.9 Å². The highest BCUT2D eigenvalue weighted by Crippen LogP contribution is 2.33. The summed E-state index contributed by atoms with van der Waals surface area (Å²) in [6.45, 7) is 5.91. The molecule has 0 N–H and O–H groups in total. The lowest BCUT2D eigenvalue weighted by molar-refractivity contribution is -0.384. The monoisotopic (exact) mass is 608 g/mol. The van der Waals surface area contributed by atoms with E-state index in [4.69, 9.17) is 14.2 Å². The van der Waals surface area contributed by atoms with Crippen molar-refractivity contribution >= 4 is 29.0 Å². The molecular formula is C35H32N2O8. The van der Waals surface area contributed by atoms with Gasteiger partial charge in [0.25, 0.3) is 5.69 Å². The standard InChI is InChI=1S/C35H32N2O8/c1-22(2)31-17-4-23(3)18-33(31)45-30-13-7-26(8-14-30)36-20-25(19-34(36)39)35(40)43-21-32(38)24-5-11-28(12-6-24)44-29-15-9-27(10-16-29)37(41)42/h4-18,22,25H,19-21H2,1-3H3/t25-/m0/s1. The summed E-state index contributed by atoms with van der Waals surface area (Å²) in [4.78, 5) is 50.0. The zero-order valence-electron chi connectivity index (χ0n) is 25.1. The van der Waals surface area contributed by atoms with Crippen molar-refractivity contribution in [2.45, 2.75) is 33.1 Å². The van der Waals surface area contributed by atoms with Crippen LogP contribution in [0.4, 0.5) is 11.4 Å². The maximum absolute atomic E-state index is 12.8. The normalized spacial score (nSPS) is 14.4. The number of nitro benzene ring substituents is 1. The number of carbonyl (C=O) groups excluding carboxylic acids is 3. The number of non-ortho nitro benzene ring substituents is 1. The zero-order chi connectivity index (χ0) is 32.1. The Balaban J connectivity index is 1.12. The van der Waals surface area contributed by atoms with Gasteiger partial charge in [0.2, 0.25) is 5.91 Å². The van der Waals surface area contributed by atoms with Gasteiger partial charge in [0.05, 0.1) is 10.8 Å². The largest absolute Gasteiger partial charge is 0.457 e. The predicted molar refractivity (Wildman–Crippen MR) is 167 cm³/mol. The summed E-state index contributed by atoms with van der Waals surface area (Å²) in [5.41, 5.74) is 3.10. The summed E-state index contributed by atoms with van der Waals surface area (Å²) >= 11 is 0. The van der Waals surface area contributed by atoms with Crippen LogP contribution in [0.2, 0.25) is 0 Å². The third-order valence-electron chi connectivity index (χ3n) is 7.43. The van der Waals surface area contributed by atoms with Crippen LogP contribution in [0.3, 0.4) is 0 Å². The highest BCUT2D eigenvalue weighted by Gasteiger charge is 2.36. The van der Waals surface area contributed by atoms with Crippen molar-refractivity contribution in [2.24, 2.45) is 5.92 Å². The first-order valence-electron chi connectivity index (χ1n) is 14.5. The molecule has 0 aromatic heterocycles. The highest BCUT2D eigenvalue weighted by molar-refractivity contribution is 6.01. The summed E-state index contributed by atoms with van der Waals surface area (Å²) < 4.78 is 17.1. The van der Waals surface area contributed by atoms with Crippen molar-refractivity contribution in [1.29, 1.82) is 0 Å². The fourth-order valence-corrected chi connectivity index (χ4v) is 4.96. The Bertz CT molecular complexity index is 1710. The fraction of sp³-hybridized carbons (Fsp3) is 0.229. The van der Waals surface area contributed by atoms with Crippen LogP contribution in [-0.4, -0.2) is 35.7 Å². The van der Waals surface area contributed by atoms with E-state index in [1.165, 1.54) is 41.3 Å². The molecule has 10 nitrogen and oxygen atoms in total. The number of rotatable bonds is 11. The number of carbonyl (C=O) groups is 3. The Hall–Kier alpha value is -5.51. The van der Waals surface area contributed by atoms with E-state index >= 15 is 0 Å². The van der Waals surface area contributed by atoms with Gasteiger partial charge in [0.15, 0.2) is 12.4 Å². The summed E-state index contributed by atoms with van der Waals surface area (Å²) in [5, 5.41) is 10.8. The minimum Gasteiger partial charge on any atom is -0.457 e. The molecule has 1 amide bonds. The Morgan fingerprint density at radius 1 is 0.889 bits per heavy atom. The summed E-state index contributed by atoms with van der Waals surface area (Å²) in [6, 6.07) is 25.1. The molecule has 0 spiro atoms. The van der Waals surface area contributed by atoms with Crippen molar-refractivity contribution in [3.05, 3.63) is 118 Å². The van der Waals surface area contributed by atoms with Gasteiger partial charge in [-0.25, -0.2) is 0 Å². The van der Waals surface area contributed by atoms with Gasteiger partial charge >= 0.3 is 5.97 Å². The van der Waals surface area contributed by atoms with E-state index in [9.17, 15) is 24.5 Å². The second-order valence-corrected chi connectivity index (χ2v) is 11.1. The second kappa shape index (κ2) is 13.4. The number of amides is 1. The van der Waals surface area contributed by atoms with Crippen LogP contribution in [0.15, 0.2) is 91.0 Å². The molecule has 1 saturated heterocycles. The van der Waals surface area contributed by atoms with Crippen LogP contribution >= 0.6 is 0 Å². The molecule has 4 aromatic carbocycles. The molecule has 45 heavy (non-hydrogen) atoms. The van der Waals surface area contributed by atoms with Crippen LogP contribution < -0.4 is 14.4 Å². The lowest BCUT2D eigenvalue weighted by Gasteiger charge is -2.18. The van der Waals surface area contributed by atoms with Crippen LogP contribution in [-0.2, 0) is 14.3 Å². The Labute approximate surface area is 260 Å². The molecule has 1 fully saturated rings. The van der Waals surface area contributed by atoms with Crippen LogP contribution in [0.25, 0.3) is 0 Å². The zero-order valence-corrected chi connectivity index (χ0v) is 25.1. The number of nitro groups is 1. The maximum atomic E-state index is 12.8. The van der Waals surface area contributed by atoms with E-state index in [-0.39, 0.29) is 24.6 Å². The lowest BCUT2D eigenvalue weighted by Crippen LogP contribution is -2.27. The number of Topliss-reactive ketones (excluding diaryl/α,β-unsaturated/α-hetero) is 1. The van der Waals surface area contributed by atoms with Gasteiger partial charge in [-0.05, 0) is 90.7 Å². The maximum Gasteiger partial charge on any atom is 0.311 e. The van der Waals surface area contributed by atoms with Gasteiger partial charge in [-0.1, -0.05) is 26.0 Å². The molecule has 1 atom stereocenters. The molecule has 0 aliphatic carbocycles. The molecular weight excluding hydrogens is 576 g/mol. The Morgan fingerprint density at radius 2 is 1.49 bits per heavy atom. The molecule has 10 heteroatoms. The van der Waals surface area contributed by atoms with Crippen LogP contribution in [0, 0.1) is 23.0 Å². The van der Waals surface area contributed by atoms with E-state index in [1.807, 2.05) is 13.0 Å². The van der Waals surface area contributed by atoms with E-state index < -0.39 is 29.2 Å². The SMILES string of the molecule is Cc1ccc(C(C)C)c(Oc2ccc(N3C[C@@H](C(=O)OCC(=O)c4ccc(Oc5ccc([N+](=O)[O-])cc5)cc4)CC3=O)cc2)c1. The highest BCUT2D eigenvalue weighted by atomic mass is 16.6. The Kier molecular flexibility index (Phi) is 9.22. The molecule has 0 saturated carbocycles. The van der Waals surface area contributed by atoms with Crippen LogP contribution in [0.5, 0.6) is 23.0 Å². The number of benzene rings is 4. The van der Waals surface area contributed by atoms with E-state index in [1.54, 1.807) is 36.4 Å². The van der Waals surface area contributed by atoms with E-state index in [0.29, 0.717) is 34.4 Å². The lowest BCUT2D eigenvalue weighted by atomic mass is 10.0. The summed E-state index contributed by atoms with van der Waals surface area (Å²) in [7, 11) is 0. The average Bonchev–Trinajstić information content (AvgIpc) is 3.42. The van der Waals surface area contributed by atoms with Crippen molar-refractivity contribution < 1.29 is 33.5 Å². The molecule has 1 aliphatic heterocycles. The molecule has 4 aromatic rings. The van der Waals surface area contributed by atoms with Crippen molar-refractivity contribution in [3.8, 4) is 23.0 Å². The van der Waals surface area contributed by atoms with Gasteiger partial charge in [-0.3, -0.25) is 24.5 Å². The predicted octanol–water partition coefficient (Wildman–Crippen LogP) is 7.39. The first-order valence-corrected chi connectivity index (χ1v) is 14.5. The smallest absolute Gasteiger partial charge is 0.311 e. The van der Waals surface area contributed by atoms with Crippen molar-refractivity contribution in [1.82, 2.24) is 0 Å². The van der Waals surface area contributed by atoms with Crippen LogP contribution in [0.1, 0.15) is 47.7 Å². The number of ether oxygens (including phenoxy) is 3. The minimum absolute atomic E-state index is 0.0129. The average molecular weight is 609 g/mol. The molecule has 1 heterocycles. The first-order chi connectivity index (χ1) is 21.6. The summed E-state index contributed by atoms with van der Waals surface area (Å²) in [5.74, 6) is 0.635. The van der Waals surface area contributed by atoms with E-state index in [2.05, 4.69) is 26.0 Å². The fourth-order valence-electron chi connectivity index (χ4n) is 4.96. The summed E-state index contributed by atoms with van der Waals surface area (Å²) in [6.07, 6.45) is -0.0129. The van der Waals surface area contributed by atoms with Crippen molar-refractivity contribution in [2.75, 3.05) is 18.1 Å². The van der Waals surface area contributed by atoms with Gasteiger partial charge in [-0.2, -0.15) is 0 Å².